The van der Waals surface area contributed by atoms with Crippen molar-refractivity contribution >= 4 is 52.9 Å². The van der Waals surface area contributed by atoms with Crippen LogP contribution in [0.5, 0.6) is 0 Å². The SMILES string of the molecule is CN=C(NCC(=O)N1CCc2sccc2C1)NC1CCN(c2c(F)cccc2F)C1.I. The molecule has 1 saturated heterocycles. The van der Waals surface area contributed by atoms with E-state index in [0.717, 1.165) is 19.4 Å². The number of aliphatic imine (C=N–C) groups is 1. The molecule has 4 rings (SSSR count). The summed E-state index contributed by atoms with van der Waals surface area (Å²) < 4.78 is 28.1. The highest BCUT2D eigenvalue weighted by Gasteiger charge is 2.27. The highest BCUT2D eigenvalue weighted by Crippen LogP contribution is 2.27. The minimum Gasteiger partial charge on any atom is -0.365 e. The lowest BCUT2D eigenvalue weighted by Gasteiger charge is -2.27. The van der Waals surface area contributed by atoms with E-state index in [1.54, 1.807) is 23.3 Å². The third-order valence-electron chi connectivity index (χ3n) is 5.57. The molecule has 0 spiro atoms. The molecule has 31 heavy (non-hydrogen) atoms. The molecule has 2 aliphatic heterocycles. The summed E-state index contributed by atoms with van der Waals surface area (Å²) in [7, 11) is 1.64. The zero-order valence-electron chi connectivity index (χ0n) is 17.2. The lowest BCUT2D eigenvalue weighted by molar-refractivity contribution is -0.130. The predicted molar refractivity (Wildman–Crippen MR) is 130 cm³/mol. The first-order valence-corrected chi connectivity index (χ1v) is 10.9. The summed E-state index contributed by atoms with van der Waals surface area (Å²) >= 11 is 1.75. The highest BCUT2D eigenvalue weighted by molar-refractivity contribution is 14.0. The van der Waals surface area contributed by atoms with Gasteiger partial charge in [-0.05, 0) is 42.0 Å². The number of carbonyl (C=O) groups is 1. The third-order valence-corrected chi connectivity index (χ3v) is 6.60. The van der Waals surface area contributed by atoms with Crippen molar-refractivity contribution in [3.05, 3.63) is 51.7 Å². The molecule has 0 aliphatic carbocycles. The molecular formula is C21H26F2IN5OS. The van der Waals surface area contributed by atoms with Crippen LogP contribution in [0, 0.1) is 11.6 Å². The van der Waals surface area contributed by atoms with Gasteiger partial charge in [-0.25, -0.2) is 8.78 Å². The van der Waals surface area contributed by atoms with Crippen molar-refractivity contribution in [1.82, 2.24) is 15.5 Å². The lowest BCUT2D eigenvalue weighted by Crippen LogP contribution is -2.48. The number of guanidine groups is 1. The molecule has 1 unspecified atom stereocenters. The van der Waals surface area contributed by atoms with E-state index in [9.17, 15) is 13.6 Å². The summed E-state index contributed by atoms with van der Waals surface area (Å²) in [4.78, 5) is 21.7. The molecule has 2 N–H and O–H groups in total. The van der Waals surface area contributed by atoms with Crippen LogP contribution in [0.3, 0.4) is 0 Å². The number of carbonyl (C=O) groups excluding carboxylic acids is 1. The number of thiophene rings is 1. The third kappa shape index (κ3) is 5.46. The fourth-order valence-corrected chi connectivity index (χ4v) is 4.88. The van der Waals surface area contributed by atoms with E-state index >= 15 is 0 Å². The van der Waals surface area contributed by atoms with Crippen LogP contribution >= 0.6 is 35.3 Å². The van der Waals surface area contributed by atoms with Gasteiger partial charge in [0, 0.05) is 44.1 Å². The van der Waals surface area contributed by atoms with Gasteiger partial charge in [0.15, 0.2) is 5.96 Å². The lowest BCUT2D eigenvalue weighted by atomic mass is 10.1. The van der Waals surface area contributed by atoms with Gasteiger partial charge in [0.05, 0.1) is 6.54 Å². The standard InChI is InChI=1S/C21H25F2N5OS.HI/c1-24-21(25-11-19(29)27-9-6-18-14(12-27)7-10-30-18)26-15-5-8-28(13-15)20-16(22)3-2-4-17(20)23;/h2-4,7,10,15H,5-6,8-9,11-13H2,1H3,(H2,24,25,26);1H. The first kappa shape index (κ1) is 23.7. The maximum Gasteiger partial charge on any atom is 0.242 e. The van der Waals surface area contributed by atoms with Crippen molar-refractivity contribution in [3.8, 4) is 0 Å². The van der Waals surface area contributed by atoms with Crippen molar-refractivity contribution in [2.24, 2.45) is 4.99 Å². The minimum absolute atomic E-state index is 0. The summed E-state index contributed by atoms with van der Waals surface area (Å²) in [6, 6.07) is 5.96. The number of halogens is 3. The molecule has 1 aromatic heterocycles. The Morgan fingerprint density at radius 3 is 2.77 bits per heavy atom. The second-order valence-corrected chi connectivity index (χ2v) is 8.51. The number of hydrogen-bond acceptors (Lipinski definition) is 4. The molecule has 1 atom stereocenters. The Bertz CT molecular complexity index is 933. The van der Waals surface area contributed by atoms with E-state index in [4.69, 9.17) is 0 Å². The number of rotatable bonds is 4. The summed E-state index contributed by atoms with van der Waals surface area (Å²) in [5, 5.41) is 8.40. The molecule has 1 amide bonds. The molecular weight excluding hydrogens is 535 g/mol. The van der Waals surface area contributed by atoms with Crippen LogP contribution < -0.4 is 15.5 Å². The minimum atomic E-state index is -0.556. The summed E-state index contributed by atoms with van der Waals surface area (Å²) in [5.41, 5.74) is 1.24. The Kier molecular flexibility index (Phi) is 8.09. The van der Waals surface area contributed by atoms with Crippen LogP contribution in [0.2, 0.25) is 0 Å². The van der Waals surface area contributed by atoms with Gasteiger partial charge in [-0.2, -0.15) is 0 Å². The molecule has 1 fully saturated rings. The van der Waals surface area contributed by atoms with Gasteiger partial charge in [-0.3, -0.25) is 9.79 Å². The Hall–Kier alpha value is -1.95. The molecule has 0 saturated carbocycles. The summed E-state index contributed by atoms with van der Waals surface area (Å²) in [6.45, 7) is 2.53. The normalized spacial score (nSPS) is 18.4. The van der Waals surface area contributed by atoms with E-state index in [2.05, 4.69) is 27.1 Å². The van der Waals surface area contributed by atoms with Crippen LogP contribution in [0.1, 0.15) is 16.9 Å². The molecule has 168 valence electrons. The zero-order chi connectivity index (χ0) is 21.1. The molecule has 0 radical (unpaired) electrons. The van der Waals surface area contributed by atoms with E-state index in [1.165, 1.54) is 28.6 Å². The Morgan fingerprint density at radius 2 is 2.03 bits per heavy atom. The topological polar surface area (TPSA) is 60.0 Å². The molecule has 10 heteroatoms. The van der Waals surface area contributed by atoms with E-state index < -0.39 is 11.6 Å². The molecule has 0 bridgehead atoms. The number of para-hydroxylation sites is 1. The fourth-order valence-electron chi connectivity index (χ4n) is 3.99. The van der Waals surface area contributed by atoms with Crippen molar-refractivity contribution < 1.29 is 13.6 Å². The molecule has 2 aliphatic rings. The molecule has 6 nitrogen and oxygen atoms in total. The number of fused-ring (bicyclic) bond motifs is 1. The summed E-state index contributed by atoms with van der Waals surface area (Å²) in [6.07, 6.45) is 1.62. The molecule has 1 aromatic carbocycles. The number of hydrogen-bond donors (Lipinski definition) is 2. The van der Waals surface area contributed by atoms with Crippen molar-refractivity contribution in [2.45, 2.75) is 25.4 Å². The van der Waals surface area contributed by atoms with Crippen LogP contribution in [-0.2, 0) is 17.8 Å². The van der Waals surface area contributed by atoms with Gasteiger partial charge in [0.25, 0.3) is 0 Å². The highest BCUT2D eigenvalue weighted by atomic mass is 127. The van der Waals surface area contributed by atoms with Gasteiger partial charge in [-0.1, -0.05) is 6.07 Å². The maximum atomic E-state index is 14.0. The van der Waals surface area contributed by atoms with Gasteiger partial charge >= 0.3 is 0 Å². The first-order valence-electron chi connectivity index (χ1n) is 10.0. The quantitative estimate of drug-likeness (QED) is 0.343. The van der Waals surface area contributed by atoms with Gasteiger partial charge in [-0.15, -0.1) is 35.3 Å². The summed E-state index contributed by atoms with van der Waals surface area (Å²) in [5.74, 6) is -0.577. The smallest absolute Gasteiger partial charge is 0.242 e. The monoisotopic (exact) mass is 561 g/mol. The number of amides is 1. The Labute approximate surface area is 201 Å². The van der Waals surface area contributed by atoms with E-state index in [-0.39, 0.29) is 48.2 Å². The largest absolute Gasteiger partial charge is 0.365 e. The zero-order valence-corrected chi connectivity index (χ0v) is 20.4. The van der Waals surface area contributed by atoms with Crippen LogP contribution in [0.15, 0.2) is 34.6 Å². The van der Waals surface area contributed by atoms with E-state index in [1.807, 2.05) is 4.90 Å². The van der Waals surface area contributed by atoms with Crippen molar-refractivity contribution in [2.75, 3.05) is 38.1 Å². The van der Waals surface area contributed by atoms with E-state index in [0.29, 0.717) is 25.6 Å². The maximum absolute atomic E-state index is 14.0. The van der Waals surface area contributed by atoms with Gasteiger partial charge in [0.2, 0.25) is 5.91 Å². The van der Waals surface area contributed by atoms with Gasteiger partial charge in [0.1, 0.15) is 17.3 Å². The molecule has 2 aromatic rings. The number of nitrogens with one attached hydrogen (secondary N) is 2. The second kappa shape index (κ2) is 10.6. The number of benzene rings is 1. The first-order chi connectivity index (χ1) is 14.5. The van der Waals surface area contributed by atoms with Crippen LogP contribution in [0.4, 0.5) is 14.5 Å². The number of nitrogens with zero attached hydrogens (tertiary/aromatic N) is 3. The van der Waals surface area contributed by atoms with Gasteiger partial charge < -0.3 is 20.4 Å². The number of anilines is 1. The molecule has 3 heterocycles. The van der Waals surface area contributed by atoms with Crippen LogP contribution in [0.25, 0.3) is 0 Å². The van der Waals surface area contributed by atoms with Crippen molar-refractivity contribution in [1.29, 1.82) is 0 Å². The average Bonchev–Trinajstić information content (AvgIpc) is 3.39. The second-order valence-electron chi connectivity index (χ2n) is 7.51. The Morgan fingerprint density at radius 1 is 1.26 bits per heavy atom. The average molecular weight is 561 g/mol. The Balaban J connectivity index is 0.00000272. The fraction of sp³-hybridized carbons (Fsp3) is 0.429. The predicted octanol–water partition coefficient (Wildman–Crippen LogP) is 2.97. The van der Waals surface area contributed by atoms with Crippen LogP contribution in [-0.4, -0.2) is 56.0 Å². The van der Waals surface area contributed by atoms with Crippen molar-refractivity contribution in [3.63, 3.8) is 0 Å².